The number of halogens is 1. The van der Waals surface area contributed by atoms with E-state index in [-0.39, 0.29) is 17.7 Å². The molecule has 1 heterocycles. The molecular formula is C22H32IN3O2. The normalized spacial score (nSPS) is 15.8. The van der Waals surface area contributed by atoms with Crippen molar-refractivity contribution in [3.8, 4) is 0 Å². The molecule has 154 valence electrons. The highest BCUT2D eigenvalue weighted by molar-refractivity contribution is 14.1. The molecule has 28 heavy (non-hydrogen) atoms. The van der Waals surface area contributed by atoms with Gasteiger partial charge in [0, 0.05) is 47.3 Å². The van der Waals surface area contributed by atoms with Crippen LogP contribution in [0, 0.1) is 9.49 Å². The van der Waals surface area contributed by atoms with Crippen LogP contribution in [0.1, 0.15) is 46.5 Å². The van der Waals surface area contributed by atoms with E-state index in [1.807, 2.05) is 4.90 Å². The fraction of sp³-hybridized carbons (Fsp3) is 0.545. The number of allylic oxidation sites excluding steroid dienone is 1. The molecule has 6 heteroatoms. The van der Waals surface area contributed by atoms with Crippen molar-refractivity contribution in [3.63, 3.8) is 0 Å². The number of likely N-dealkylation sites (tertiary alicyclic amines) is 1. The molecule has 0 spiro atoms. The minimum atomic E-state index is -0.334. The lowest BCUT2D eigenvalue weighted by Crippen LogP contribution is -2.47. The number of rotatable bonds is 8. The second-order valence-corrected chi connectivity index (χ2v) is 9.11. The molecule has 0 aromatic heterocycles. The molecule has 0 saturated carbocycles. The third-order valence-electron chi connectivity index (χ3n) is 5.39. The molecule has 2 rings (SSSR count). The zero-order valence-electron chi connectivity index (χ0n) is 17.2. The number of primary amides is 1. The maximum Gasteiger partial charge on any atom is 0.222 e. The first kappa shape index (κ1) is 22.7. The van der Waals surface area contributed by atoms with E-state index >= 15 is 0 Å². The minimum absolute atomic E-state index is 0.136. The first-order chi connectivity index (χ1) is 13.3. The van der Waals surface area contributed by atoms with Crippen LogP contribution in [0.3, 0.4) is 0 Å². The van der Waals surface area contributed by atoms with Crippen LogP contribution >= 0.6 is 22.6 Å². The number of carbonyl (C=O) groups excluding carboxylic acids is 2. The van der Waals surface area contributed by atoms with Gasteiger partial charge >= 0.3 is 0 Å². The Kier molecular flexibility index (Phi) is 8.79. The molecule has 1 aromatic rings. The highest BCUT2D eigenvalue weighted by Crippen LogP contribution is 2.25. The Bertz CT molecular complexity index is 690. The molecule has 0 aliphatic carbocycles. The van der Waals surface area contributed by atoms with Crippen molar-refractivity contribution in [3.05, 3.63) is 39.5 Å². The van der Waals surface area contributed by atoms with Crippen LogP contribution in [0.15, 0.2) is 35.9 Å². The fourth-order valence-electron chi connectivity index (χ4n) is 3.45. The Morgan fingerprint density at radius 1 is 1.25 bits per heavy atom. The van der Waals surface area contributed by atoms with Gasteiger partial charge in [-0.1, -0.05) is 18.6 Å². The SMILES string of the molecule is CC(C)=CCN(c1ccc(I)cc1)C1CCN(C(=O)CCC(C)C(N)=O)CC1. The average Bonchev–Trinajstić information content (AvgIpc) is 2.67. The zero-order chi connectivity index (χ0) is 20.7. The fourth-order valence-corrected chi connectivity index (χ4v) is 3.81. The van der Waals surface area contributed by atoms with E-state index in [1.54, 1.807) is 6.92 Å². The molecule has 2 amide bonds. The summed E-state index contributed by atoms with van der Waals surface area (Å²) in [6.45, 7) is 8.46. The number of anilines is 1. The van der Waals surface area contributed by atoms with Crippen LogP contribution in [0.2, 0.25) is 0 Å². The number of nitrogens with zero attached hydrogens (tertiary/aromatic N) is 2. The van der Waals surface area contributed by atoms with Crippen molar-refractivity contribution < 1.29 is 9.59 Å². The smallest absolute Gasteiger partial charge is 0.222 e. The number of carbonyl (C=O) groups is 2. The first-order valence-corrected chi connectivity index (χ1v) is 11.1. The summed E-state index contributed by atoms with van der Waals surface area (Å²) in [6.07, 6.45) is 5.11. The molecular weight excluding hydrogens is 465 g/mol. The topological polar surface area (TPSA) is 66.6 Å². The maximum atomic E-state index is 12.5. The number of benzene rings is 1. The predicted molar refractivity (Wildman–Crippen MR) is 123 cm³/mol. The number of nitrogens with two attached hydrogens (primary N) is 1. The van der Waals surface area contributed by atoms with Gasteiger partial charge in [-0.3, -0.25) is 9.59 Å². The van der Waals surface area contributed by atoms with Gasteiger partial charge in [0.1, 0.15) is 0 Å². The Labute approximate surface area is 182 Å². The molecule has 1 atom stereocenters. The van der Waals surface area contributed by atoms with E-state index < -0.39 is 0 Å². The van der Waals surface area contributed by atoms with Crippen LogP contribution in [0.4, 0.5) is 5.69 Å². The van der Waals surface area contributed by atoms with Gasteiger partial charge in [0.15, 0.2) is 0 Å². The van der Waals surface area contributed by atoms with Gasteiger partial charge < -0.3 is 15.5 Å². The van der Waals surface area contributed by atoms with Crippen molar-refractivity contribution in [2.45, 2.75) is 52.5 Å². The average molecular weight is 497 g/mol. The summed E-state index contributed by atoms with van der Waals surface area (Å²) < 4.78 is 1.23. The van der Waals surface area contributed by atoms with Gasteiger partial charge in [-0.15, -0.1) is 0 Å². The zero-order valence-corrected chi connectivity index (χ0v) is 19.3. The van der Waals surface area contributed by atoms with Gasteiger partial charge in [0.25, 0.3) is 0 Å². The van der Waals surface area contributed by atoms with Crippen LogP contribution in [0.25, 0.3) is 0 Å². The standard InChI is InChI=1S/C22H32IN3O2/c1-16(2)10-15-26(19-7-5-18(23)6-8-19)20-11-13-25(14-12-20)21(27)9-4-17(3)22(24)28/h5-8,10,17,20H,4,9,11-15H2,1-3H3,(H2,24,28). The molecule has 1 fully saturated rings. The maximum absolute atomic E-state index is 12.5. The Hall–Kier alpha value is -1.57. The van der Waals surface area contributed by atoms with Crippen molar-refractivity contribution in [1.29, 1.82) is 0 Å². The van der Waals surface area contributed by atoms with Gasteiger partial charge in [-0.05, 0) is 80.0 Å². The second-order valence-electron chi connectivity index (χ2n) is 7.86. The van der Waals surface area contributed by atoms with E-state index in [4.69, 9.17) is 5.73 Å². The van der Waals surface area contributed by atoms with Crippen molar-refractivity contribution in [2.24, 2.45) is 11.7 Å². The molecule has 1 saturated heterocycles. The summed E-state index contributed by atoms with van der Waals surface area (Å²) in [4.78, 5) is 28.0. The summed E-state index contributed by atoms with van der Waals surface area (Å²) in [5.41, 5.74) is 7.84. The summed E-state index contributed by atoms with van der Waals surface area (Å²) in [7, 11) is 0. The van der Waals surface area contributed by atoms with Crippen LogP contribution in [-0.2, 0) is 9.59 Å². The first-order valence-electron chi connectivity index (χ1n) is 10.0. The van der Waals surface area contributed by atoms with Crippen LogP contribution in [0.5, 0.6) is 0 Å². The van der Waals surface area contributed by atoms with E-state index in [9.17, 15) is 9.59 Å². The predicted octanol–water partition coefficient (Wildman–Crippen LogP) is 3.96. The Morgan fingerprint density at radius 2 is 1.86 bits per heavy atom. The molecule has 2 N–H and O–H groups in total. The molecule has 1 aliphatic heterocycles. The van der Waals surface area contributed by atoms with Crippen LogP contribution < -0.4 is 10.6 Å². The van der Waals surface area contributed by atoms with Gasteiger partial charge in [0.2, 0.25) is 11.8 Å². The Balaban J connectivity index is 1.97. The highest BCUT2D eigenvalue weighted by Gasteiger charge is 2.27. The van der Waals surface area contributed by atoms with Crippen molar-refractivity contribution in [1.82, 2.24) is 4.90 Å². The van der Waals surface area contributed by atoms with Crippen LogP contribution in [-0.4, -0.2) is 42.4 Å². The summed E-state index contributed by atoms with van der Waals surface area (Å²) in [5.74, 6) is -0.447. The Morgan fingerprint density at radius 3 is 2.39 bits per heavy atom. The summed E-state index contributed by atoms with van der Waals surface area (Å²) in [6, 6.07) is 9.07. The number of hydrogen-bond acceptors (Lipinski definition) is 3. The lowest BCUT2D eigenvalue weighted by atomic mass is 10.00. The van der Waals surface area contributed by atoms with Crippen molar-refractivity contribution >= 4 is 40.1 Å². The van der Waals surface area contributed by atoms with Gasteiger partial charge in [0.05, 0.1) is 0 Å². The summed E-state index contributed by atoms with van der Waals surface area (Å²) >= 11 is 2.33. The third kappa shape index (κ3) is 6.79. The molecule has 5 nitrogen and oxygen atoms in total. The molecule has 1 unspecified atom stereocenters. The molecule has 1 aromatic carbocycles. The van der Waals surface area contributed by atoms with Gasteiger partial charge in [-0.2, -0.15) is 0 Å². The molecule has 0 radical (unpaired) electrons. The minimum Gasteiger partial charge on any atom is -0.369 e. The number of piperidine rings is 1. The van der Waals surface area contributed by atoms with Crippen molar-refractivity contribution in [2.75, 3.05) is 24.5 Å². The third-order valence-corrected chi connectivity index (χ3v) is 6.11. The van der Waals surface area contributed by atoms with E-state index in [0.29, 0.717) is 18.9 Å². The van der Waals surface area contributed by atoms with Gasteiger partial charge in [-0.25, -0.2) is 0 Å². The lowest BCUT2D eigenvalue weighted by molar-refractivity contribution is -0.132. The largest absolute Gasteiger partial charge is 0.369 e. The molecule has 1 aliphatic rings. The van der Waals surface area contributed by atoms with E-state index in [1.165, 1.54) is 14.8 Å². The lowest BCUT2D eigenvalue weighted by Gasteiger charge is -2.39. The highest BCUT2D eigenvalue weighted by atomic mass is 127. The second kappa shape index (κ2) is 10.8. The van der Waals surface area contributed by atoms with E-state index in [0.717, 1.165) is 32.5 Å². The summed E-state index contributed by atoms with van der Waals surface area (Å²) in [5, 5.41) is 0. The number of amides is 2. The van der Waals surface area contributed by atoms with E-state index in [2.05, 4.69) is 71.7 Å². The quantitative estimate of drug-likeness (QED) is 0.437. The monoisotopic (exact) mass is 497 g/mol. The number of hydrogen-bond donors (Lipinski definition) is 1. The molecule has 0 bridgehead atoms.